The molecule has 0 amide bonds. The summed E-state index contributed by atoms with van der Waals surface area (Å²) in [7, 11) is 0. The molecule has 0 aliphatic carbocycles. The van der Waals surface area contributed by atoms with Crippen LogP contribution in [-0.2, 0) is 0 Å². The van der Waals surface area contributed by atoms with Crippen LogP contribution in [-0.4, -0.2) is 10.9 Å². The lowest BCUT2D eigenvalue weighted by atomic mass is 10.0. The average molecular weight is 184 g/mol. The monoisotopic (exact) mass is 184 g/mol. The molecule has 12 heavy (non-hydrogen) atoms. The lowest BCUT2D eigenvalue weighted by Crippen LogP contribution is -2.28. The number of aromatic amines is 1. The predicted octanol–water partition coefficient (Wildman–Crippen LogP) is 1.25. The molecule has 66 valence electrons. The Morgan fingerprint density at radius 1 is 1.50 bits per heavy atom. The van der Waals surface area contributed by atoms with E-state index in [9.17, 15) is 4.79 Å². The third-order valence-electron chi connectivity index (χ3n) is 2.29. The molecule has 2 N–H and O–H groups in total. The molecule has 1 fully saturated rings. The van der Waals surface area contributed by atoms with E-state index < -0.39 is 0 Å². The van der Waals surface area contributed by atoms with Crippen LogP contribution >= 0.6 is 11.5 Å². The van der Waals surface area contributed by atoms with Crippen molar-refractivity contribution in [3.8, 4) is 0 Å². The molecular formula is C8H12N2OS. The number of H-pyrrole nitrogens is 1. The van der Waals surface area contributed by atoms with Crippen LogP contribution in [0.4, 0.5) is 0 Å². The highest BCUT2D eigenvalue weighted by Crippen LogP contribution is 2.19. The quantitative estimate of drug-likeness (QED) is 0.690. The Morgan fingerprint density at radius 2 is 2.42 bits per heavy atom. The molecule has 1 unspecified atom stereocenters. The number of aromatic nitrogens is 1. The van der Waals surface area contributed by atoms with Crippen LogP contribution in [0.15, 0.2) is 11.0 Å². The minimum atomic E-state index is 0.175. The van der Waals surface area contributed by atoms with Gasteiger partial charge in [0.15, 0.2) is 0 Å². The van der Waals surface area contributed by atoms with Crippen LogP contribution < -0.4 is 10.1 Å². The normalized spacial score (nSPS) is 24.2. The SMILES string of the molecule is O=c1s[nH]cc1C1CCCCN1. The summed E-state index contributed by atoms with van der Waals surface area (Å²) in [6.45, 7) is 1.04. The topological polar surface area (TPSA) is 44.9 Å². The molecule has 0 saturated carbocycles. The highest BCUT2D eigenvalue weighted by atomic mass is 32.1. The van der Waals surface area contributed by atoms with E-state index in [0.717, 1.165) is 18.5 Å². The van der Waals surface area contributed by atoms with Crippen LogP contribution in [0.1, 0.15) is 30.9 Å². The van der Waals surface area contributed by atoms with Crippen LogP contribution in [0.5, 0.6) is 0 Å². The minimum absolute atomic E-state index is 0.175. The molecule has 1 aliphatic heterocycles. The molecule has 0 spiro atoms. The second-order valence-electron chi connectivity index (χ2n) is 3.11. The van der Waals surface area contributed by atoms with Gasteiger partial charge in [0.2, 0.25) is 0 Å². The van der Waals surface area contributed by atoms with Crippen molar-refractivity contribution in [1.82, 2.24) is 9.69 Å². The summed E-state index contributed by atoms with van der Waals surface area (Å²) < 4.78 is 3.06. The van der Waals surface area contributed by atoms with Crippen molar-refractivity contribution >= 4 is 11.5 Å². The first-order chi connectivity index (χ1) is 5.88. The fourth-order valence-corrected chi connectivity index (χ4v) is 2.24. The van der Waals surface area contributed by atoms with Crippen LogP contribution in [0.3, 0.4) is 0 Å². The van der Waals surface area contributed by atoms with Crippen molar-refractivity contribution in [2.24, 2.45) is 0 Å². The molecule has 4 heteroatoms. The molecule has 0 aromatic carbocycles. The maximum absolute atomic E-state index is 11.3. The summed E-state index contributed by atoms with van der Waals surface area (Å²) in [4.78, 5) is 11.3. The first-order valence-electron chi connectivity index (χ1n) is 4.28. The van der Waals surface area contributed by atoms with Gasteiger partial charge >= 0.3 is 0 Å². The molecule has 1 aliphatic rings. The highest BCUT2D eigenvalue weighted by Gasteiger charge is 2.17. The van der Waals surface area contributed by atoms with Crippen molar-refractivity contribution in [3.63, 3.8) is 0 Å². The Hall–Kier alpha value is -0.610. The molecular weight excluding hydrogens is 172 g/mol. The third-order valence-corrected chi connectivity index (χ3v) is 2.94. The third kappa shape index (κ3) is 1.44. The van der Waals surface area contributed by atoms with E-state index >= 15 is 0 Å². The van der Waals surface area contributed by atoms with Gasteiger partial charge in [0.1, 0.15) is 0 Å². The van der Waals surface area contributed by atoms with Crippen LogP contribution in [0.25, 0.3) is 0 Å². The van der Waals surface area contributed by atoms with Gasteiger partial charge in [-0.05, 0) is 30.9 Å². The van der Waals surface area contributed by atoms with Crippen LogP contribution in [0, 0.1) is 0 Å². The second kappa shape index (κ2) is 3.41. The maximum Gasteiger partial charge on any atom is 0.254 e. The Labute approximate surface area is 75.0 Å². The summed E-state index contributed by atoms with van der Waals surface area (Å²) in [6, 6.07) is 0.300. The van der Waals surface area contributed by atoms with Gasteiger partial charge in [-0.1, -0.05) is 6.42 Å². The van der Waals surface area contributed by atoms with Gasteiger partial charge in [-0.2, -0.15) is 0 Å². The molecule has 2 rings (SSSR count). The molecule has 3 nitrogen and oxygen atoms in total. The maximum atomic E-state index is 11.3. The van der Waals surface area contributed by atoms with E-state index in [1.807, 2.05) is 6.20 Å². The van der Waals surface area contributed by atoms with Crippen molar-refractivity contribution in [1.29, 1.82) is 0 Å². The van der Waals surface area contributed by atoms with Crippen molar-refractivity contribution in [3.05, 3.63) is 21.3 Å². The van der Waals surface area contributed by atoms with Crippen molar-refractivity contribution < 1.29 is 0 Å². The Morgan fingerprint density at radius 3 is 3.00 bits per heavy atom. The van der Waals surface area contributed by atoms with E-state index in [1.54, 1.807) is 0 Å². The fraction of sp³-hybridized carbons (Fsp3) is 0.625. The van der Waals surface area contributed by atoms with Crippen molar-refractivity contribution in [2.75, 3.05) is 6.54 Å². The van der Waals surface area contributed by atoms with E-state index in [2.05, 4.69) is 9.69 Å². The van der Waals surface area contributed by atoms with Gasteiger partial charge < -0.3 is 9.69 Å². The van der Waals surface area contributed by atoms with Crippen LogP contribution in [0.2, 0.25) is 0 Å². The van der Waals surface area contributed by atoms with Crippen molar-refractivity contribution in [2.45, 2.75) is 25.3 Å². The Balaban J connectivity index is 2.18. The van der Waals surface area contributed by atoms with E-state index in [0.29, 0.717) is 6.04 Å². The molecule has 0 bridgehead atoms. The van der Waals surface area contributed by atoms with Gasteiger partial charge in [0.25, 0.3) is 4.74 Å². The van der Waals surface area contributed by atoms with E-state index in [-0.39, 0.29) is 4.74 Å². The summed E-state index contributed by atoms with van der Waals surface area (Å²) in [5.74, 6) is 0. The molecule has 2 heterocycles. The van der Waals surface area contributed by atoms with Gasteiger partial charge in [-0.3, -0.25) is 4.79 Å². The smallest absolute Gasteiger partial charge is 0.254 e. The number of piperidine rings is 1. The zero-order chi connectivity index (χ0) is 8.39. The first kappa shape index (κ1) is 8.01. The van der Waals surface area contributed by atoms with Gasteiger partial charge in [0.05, 0.1) is 0 Å². The van der Waals surface area contributed by atoms with Gasteiger partial charge in [0, 0.05) is 17.8 Å². The lowest BCUT2D eigenvalue weighted by molar-refractivity contribution is 0.411. The zero-order valence-electron chi connectivity index (χ0n) is 6.80. The summed E-state index contributed by atoms with van der Waals surface area (Å²) in [6.07, 6.45) is 5.39. The van der Waals surface area contributed by atoms with E-state index in [4.69, 9.17) is 0 Å². The molecule has 0 radical (unpaired) electrons. The average Bonchev–Trinajstić information content (AvgIpc) is 2.53. The lowest BCUT2D eigenvalue weighted by Gasteiger charge is -2.21. The van der Waals surface area contributed by atoms with Gasteiger partial charge in [-0.25, -0.2) is 0 Å². The standard InChI is InChI=1S/C8H12N2OS/c11-8-6(5-10-12-8)7-3-1-2-4-9-7/h5,7,9-10H,1-4H2. The Kier molecular flexibility index (Phi) is 2.28. The van der Waals surface area contributed by atoms with E-state index in [1.165, 1.54) is 24.4 Å². The summed E-state index contributed by atoms with van der Waals surface area (Å²) in [5, 5.41) is 3.35. The van der Waals surface area contributed by atoms with Gasteiger partial charge in [-0.15, -0.1) is 0 Å². The second-order valence-corrected chi connectivity index (χ2v) is 3.92. The molecule has 1 saturated heterocycles. The number of hydrogen-bond acceptors (Lipinski definition) is 3. The fourth-order valence-electron chi connectivity index (χ4n) is 1.62. The number of nitrogens with one attached hydrogen (secondary N) is 2. The summed E-state index contributed by atoms with van der Waals surface area (Å²) in [5.41, 5.74) is 0.916. The number of rotatable bonds is 1. The number of hydrogen-bond donors (Lipinski definition) is 2. The first-order valence-corrected chi connectivity index (χ1v) is 5.10. The zero-order valence-corrected chi connectivity index (χ0v) is 7.62. The largest absolute Gasteiger partial charge is 0.315 e. The highest BCUT2D eigenvalue weighted by molar-refractivity contribution is 7.03. The molecule has 1 atom stereocenters. The Bertz CT molecular complexity index is 298. The predicted molar refractivity (Wildman–Crippen MR) is 49.5 cm³/mol. The minimum Gasteiger partial charge on any atom is -0.315 e. The molecule has 1 aromatic heterocycles. The summed E-state index contributed by atoms with van der Waals surface area (Å²) >= 11 is 1.18. The molecule has 1 aromatic rings.